The summed E-state index contributed by atoms with van der Waals surface area (Å²) in [6.07, 6.45) is 2.39. The van der Waals surface area contributed by atoms with Crippen LogP contribution in [-0.2, 0) is 6.42 Å². The van der Waals surface area contributed by atoms with E-state index in [0.717, 1.165) is 12.1 Å². The summed E-state index contributed by atoms with van der Waals surface area (Å²) >= 11 is 0. The highest BCUT2D eigenvalue weighted by molar-refractivity contribution is 5.18. The van der Waals surface area contributed by atoms with Crippen molar-refractivity contribution in [1.29, 1.82) is 0 Å². The van der Waals surface area contributed by atoms with E-state index in [-0.39, 0.29) is 12.0 Å². The molecule has 1 aromatic heterocycles. The molecule has 2 atom stereocenters. The van der Waals surface area contributed by atoms with Gasteiger partial charge in [0.25, 0.3) is 0 Å². The number of rotatable bonds is 3. The van der Waals surface area contributed by atoms with Crippen LogP contribution in [0.25, 0.3) is 0 Å². The Morgan fingerprint density at radius 3 is 2.69 bits per heavy atom. The number of hydrogen-bond acceptors (Lipinski definition) is 2. The number of pyridine rings is 1. The van der Waals surface area contributed by atoms with Crippen LogP contribution in [0.5, 0.6) is 0 Å². The molecule has 0 amide bonds. The summed E-state index contributed by atoms with van der Waals surface area (Å²) in [6, 6.07) is 3.99. The number of aryl methyl sites for hydroxylation is 1. The lowest BCUT2D eigenvalue weighted by Gasteiger charge is -2.14. The van der Waals surface area contributed by atoms with Crippen LogP contribution in [0.3, 0.4) is 0 Å². The second-order valence-electron chi connectivity index (χ2n) is 3.69. The van der Waals surface area contributed by atoms with Gasteiger partial charge in [-0.25, -0.2) is 0 Å². The summed E-state index contributed by atoms with van der Waals surface area (Å²) in [5, 5.41) is 9.35. The second kappa shape index (κ2) is 4.38. The van der Waals surface area contributed by atoms with E-state index in [9.17, 15) is 5.11 Å². The molecule has 2 nitrogen and oxygen atoms in total. The van der Waals surface area contributed by atoms with Crippen molar-refractivity contribution in [2.75, 3.05) is 0 Å². The molecule has 0 aliphatic carbocycles. The van der Waals surface area contributed by atoms with Gasteiger partial charge in [0.05, 0.1) is 6.10 Å². The average Bonchev–Trinajstić information content (AvgIpc) is 2.08. The number of nitrogens with zero attached hydrogens (tertiary/aromatic N) is 1. The molecule has 0 fully saturated rings. The molecule has 2 unspecified atom stereocenters. The van der Waals surface area contributed by atoms with Gasteiger partial charge in [0.1, 0.15) is 0 Å². The molecule has 0 spiro atoms. The van der Waals surface area contributed by atoms with Gasteiger partial charge in [-0.2, -0.15) is 0 Å². The molecule has 0 saturated carbocycles. The van der Waals surface area contributed by atoms with Crippen molar-refractivity contribution in [1.82, 2.24) is 4.98 Å². The minimum atomic E-state index is -0.263. The summed E-state index contributed by atoms with van der Waals surface area (Å²) in [6.45, 7) is 5.92. The van der Waals surface area contributed by atoms with Crippen molar-refractivity contribution >= 4 is 0 Å². The Labute approximate surface area is 79.6 Å². The Bertz CT molecular complexity index is 271. The van der Waals surface area contributed by atoms with Crippen LogP contribution in [-0.4, -0.2) is 16.2 Å². The van der Waals surface area contributed by atoms with Gasteiger partial charge in [0, 0.05) is 11.9 Å². The molecule has 0 aliphatic rings. The maximum Gasteiger partial charge on any atom is 0.0541 e. The molecule has 0 aliphatic heterocycles. The molecule has 1 aromatic rings. The molecule has 72 valence electrons. The zero-order valence-electron chi connectivity index (χ0n) is 8.49. The van der Waals surface area contributed by atoms with E-state index < -0.39 is 0 Å². The van der Waals surface area contributed by atoms with E-state index in [2.05, 4.69) is 18.0 Å². The standard InChI is InChI=1S/C11H17NO/c1-8-5-4-6-12-11(8)7-9(2)10(3)13/h4-6,9-10,13H,7H2,1-3H3. The molecule has 0 radical (unpaired) electrons. The fourth-order valence-corrected chi connectivity index (χ4v) is 1.21. The van der Waals surface area contributed by atoms with Gasteiger partial charge in [-0.3, -0.25) is 4.98 Å². The Hall–Kier alpha value is -0.890. The highest BCUT2D eigenvalue weighted by Crippen LogP contribution is 2.12. The summed E-state index contributed by atoms with van der Waals surface area (Å²) < 4.78 is 0. The largest absolute Gasteiger partial charge is 0.393 e. The Morgan fingerprint density at radius 1 is 1.46 bits per heavy atom. The third-order valence-corrected chi connectivity index (χ3v) is 2.46. The lowest BCUT2D eigenvalue weighted by atomic mass is 9.98. The van der Waals surface area contributed by atoms with E-state index in [4.69, 9.17) is 0 Å². The topological polar surface area (TPSA) is 33.1 Å². The fraction of sp³-hybridized carbons (Fsp3) is 0.545. The number of hydrogen-bond donors (Lipinski definition) is 1. The first-order valence-electron chi connectivity index (χ1n) is 4.70. The van der Waals surface area contributed by atoms with Crippen LogP contribution in [0.4, 0.5) is 0 Å². The third-order valence-electron chi connectivity index (χ3n) is 2.46. The molecular formula is C11H17NO. The monoisotopic (exact) mass is 179 g/mol. The summed E-state index contributed by atoms with van der Waals surface area (Å²) in [5.74, 6) is 0.272. The normalized spacial score (nSPS) is 15.4. The molecule has 1 heterocycles. The Balaban J connectivity index is 2.69. The quantitative estimate of drug-likeness (QED) is 0.769. The Morgan fingerprint density at radius 2 is 2.15 bits per heavy atom. The van der Waals surface area contributed by atoms with Gasteiger partial charge in [0.2, 0.25) is 0 Å². The first-order chi connectivity index (χ1) is 6.11. The minimum Gasteiger partial charge on any atom is -0.393 e. The third kappa shape index (κ3) is 2.81. The van der Waals surface area contributed by atoms with Gasteiger partial charge >= 0.3 is 0 Å². The predicted molar refractivity (Wildman–Crippen MR) is 53.5 cm³/mol. The van der Waals surface area contributed by atoms with Gasteiger partial charge in [-0.05, 0) is 37.8 Å². The van der Waals surface area contributed by atoms with Gasteiger partial charge < -0.3 is 5.11 Å². The average molecular weight is 179 g/mol. The van der Waals surface area contributed by atoms with E-state index in [0.29, 0.717) is 0 Å². The van der Waals surface area contributed by atoms with Crippen molar-refractivity contribution < 1.29 is 5.11 Å². The molecule has 13 heavy (non-hydrogen) atoms. The second-order valence-corrected chi connectivity index (χ2v) is 3.69. The van der Waals surface area contributed by atoms with Crippen LogP contribution in [0.15, 0.2) is 18.3 Å². The molecule has 2 heteroatoms. The minimum absolute atomic E-state index is 0.263. The number of aliphatic hydroxyl groups is 1. The molecule has 0 bridgehead atoms. The summed E-state index contributed by atoms with van der Waals surface area (Å²) in [7, 11) is 0. The number of aromatic nitrogens is 1. The first-order valence-corrected chi connectivity index (χ1v) is 4.70. The summed E-state index contributed by atoms with van der Waals surface area (Å²) in [5.41, 5.74) is 2.30. The van der Waals surface area contributed by atoms with Crippen LogP contribution in [0, 0.1) is 12.8 Å². The zero-order valence-corrected chi connectivity index (χ0v) is 8.49. The van der Waals surface area contributed by atoms with Crippen LogP contribution < -0.4 is 0 Å². The predicted octanol–water partition coefficient (Wildman–Crippen LogP) is 1.95. The Kier molecular flexibility index (Phi) is 3.43. The maximum atomic E-state index is 9.35. The maximum absolute atomic E-state index is 9.35. The SMILES string of the molecule is Cc1cccnc1CC(C)C(C)O. The molecule has 0 saturated heterocycles. The highest BCUT2D eigenvalue weighted by atomic mass is 16.3. The highest BCUT2D eigenvalue weighted by Gasteiger charge is 2.11. The van der Waals surface area contributed by atoms with E-state index in [1.165, 1.54) is 5.56 Å². The van der Waals surface area contributed by atoms with Crippen LogP contribution in [0.2, 0.25) is 0 Å². The van der Waals surface area contributed by atoms with Crippen molar-refractivity contribution in [2.45, 2.75) is 33.3 Å². The molecule has 0 aromatic carbocycles. The lowest BCUT2D eigenvalue weighted by molar-refractivity contribution is 0.134. The molecule has 1 N–H and O–H groups in total. The van der Waals surface area contributed by atoms with Crippen molar-refractivity contribution in [3.63, 3.8) is 0 Å². The van der Waals surface area contributed by atoms with Crippen molar-refractivity contribution in [3.8, 4) is 0 Å². The van der Waals surface area contributed by atoms with E-state index in [1.54, 1.807) is 6.20 Å². The first kappa shape index (κ1) is 10.2. The fourth-order valence-electron chi connectivity index (χ4n) is 1.21. The van der Waals surface area contributed by atoms with Crippen molar-refractivity contribution in [2.24, 2.45) is 5.92 Å². The van der Waals surface area contributed by atoms with E-state index in [1.807, 2.05) is 19.9 Å². The van der Waals surface area contributed by atoms with Crippen molar-refractivity contribution in [3.05, 3.63) is 29.6 Å². The molecular weight excluding hydrogens is 162 g/mol. The zero-order chi connectivity index (χ0) is 9.84. The van der Waals surface area contributed by atoms with E-state index >= 15 is 0 Å². The smallest absolute Gasteiger partial charge is 0.0541 e. The van der Waals surface area contributed by atoms with Crippen LogP contribution >= 0.6 is 0 Å². The number of aliphatic hydroxyl groups excluding tert-OH is 1. The molecule has 1 rings (SSSR count). The van der Waals surface area contributed by atoms with Gasteiger partial charge in [0.15, 0.2) is 0 Å². The summed E-state index contributed by atoms with van der Waals surface area (Å²) in [4.78, 5) is 4.29. The van der Waals surface area contributed by atoms with Gasteiger partial charge in [-0.1, -0.05) is 13.0 Å². The van der Waals surface area contributed by atoms with Gasteiger partial charge in [-0.15, -0.1) is 0 Å². The van der Waals surface area contributed by atoms with Crippen LogP contribution in [0.1, 0.15) is 25.1 Å². The lowest BCUT2D eigenvalue weighted by Crippen LogP contribution is -2.16.